The number of carbonyl (C=O) groups excluding carboxylic acids is 2. The number of hydrogen-bond acceptors (Lipinski definition) is 3. The molecule has 0 saturated heterocycles. The number of amides is 1. The van der Waals surface area contributed by atoms with Gasteiger partial charge in [-0.2, -0.15) is 0 Å². The van der Waals surface area contributed by atoms with Gasteiger partial charge in [0.25, 0.3) is 0 Å². The lowest BCUT2D eigenvalue weighted by atomic mass is 9.92. The molecule has 0 saturated carbocycles. The van der Waals surface area contributed by atoms with Crippen LogP contribution in [0.15, 0.2) is 0 Å². The molecular weight excluding hydrogens is 192 g/mol. The average Bonchev–Trinajstić information content (AvgIpc) is 2.15. The summed E-state index contributed by atoms with van der Waals surface area (Å²) in [5.74, 6) is 0. The Morgan fingerprint density at radius 1 is 1.20 bits per heavy atom. The van der Waals surface area contributed by atoms with Crippen molar-refractivity contribution in [2.45, 2.75) is 20.8 Å². The quantitative estimate of drug-likeness (QED) is 0.556. The van der Waals surface area contributed by atoms with E-state index in [4.69, 9.17) is 0 Å². The van der Waals surface area contributed by atoms with Gasteiger partial charge in [-0.3, -0.25) is 4.79 Å². The van der Waals surface area contributed by atoms with E-state index < -0.39 is 0 Å². The second kappa shape index (κ2) is 6.56. The maximum absolute atomic E-state index is 10.7. The molecule has 0 radical (unpaired) electrons. The minimum Gasteiger partial charge on any atom is -0.338 e. The highest BCUT2D eigenvalue weighted by Gasteiger charge is 2.22. The van der Waals surface area contributed by atoms with E-state index in [1.807, 2.05) is 7.05 Å². The van der Waals surface area contributed by atoms with Gasteiger partial charge in [0.15, 0.2) is 0 Å². The Hall–Kier alpha value is -0.900. The van der Waals surface area contributed by atoms with Crippen molar-refractivity contribution in [3.63, 3.8) is 0 Å². The van der Waals surface area contributed by atoms with Crippen molar-refractivity contribution in [1.29, 1.82) is 0 Å². The molecule has 0 heterocycles. The Morgan fingerprint density at radius 2 is 1.80 bits per heavy atom. The lowest BCUT2D eigenvalue weighted by Crippen LogP contribution is -2.41. The third kappa shape index (κ3) is 6.23. The van der Waals surface area contributed by atoms with E-state index in [1.54, 1.807) is 0 Å². The summed E-state index contributed by atoms with van der Waals surface area (Å²) in [6.45, 7) is 8.98. The molecule has 0 aliphatic carbocycles. The van der Waals surface area contributed by atoms with Crippen LogP contribution in [0, 0.1) is 5.41 Å². The Balaban J connectivity index is 4.20. The van der Waals surface area contributed by atoms with E-state index in [9.17, 15) is 9.59 Å². The van der Waals surface area contributed by atoms with Gasteiger partial charge in [-0.05, 0) is 19.0 Å². The van der Waals surface area contributed by atoms with Crippen LogP contribution in [0.2, 0.25) is 0 Å². The zero-order chi connectivity index (χ0) is 11.9. The van der Waals surface area contributed by atoms with Gasteiger partial charge < -0.3 is 14.6 Å². The highest BCUT2D eigenvalue weighted by Crippen LogP contribution is 2.17. The summed E-state index contributed by atoms with van der Waals surface area (Å²) in [4.78, 5) is 24.7. The van der Waals surface area contributed by atoms with Gasteiger partial charge in [0, 0.05) is 13.1 Å². The molecule has 1 amide bonds. The van der Waals surface area contributed by atoms with Gasteiger partial charge in [0.1, 0.15) is 6.29 Å². The lowest BCUT2D eigenvalue weighted by Gasteiger charge is -2.33. The molecule has 0 aliphatic heterocycles. The summed E-state index contributed by atoms with van der Waals surface area (Å²) < 4.78 is 0. The second-order valence-electron chi connectivity index (χ2n) is 4.70. The minimum atomic E-state index is 0.00861. The molecule has 0 spiro atoms. The first kappa shape index (κ1) is 14.1. The van der Waals surface area contributed by atoms with Crippen LogP contribution in [-0.4, -0.2) is 55.7 Å². The van der Waals surface area contributed by atoms with Crippen molar-refractivity contribution < 1.29 is 9.59 Å². The largest absolute Gasteiger partial charge is 0.338 e. The van der Waals surface area contributed by atoms with Crippen molar-refractivity contribution in [3.05, 3.63) is 0 Å². The maximum atomic E-state index is 10.7. The van der Waals surface area contributed by atoms with Gasteiger partial charge in [0.2, 0.25) is 6.41 Å². The Bertz CT molecular complexity index is 205. The molecule has 0 aromatic carbocycles. The number of rotatable bonds is 8. The van der Waals surface area contributed by atoms with Crippen LogP contribution in [0.25, 0.3) is 0 Å². The molecule has 0 unspecified atom stereocenters. The van der Waals surface area contributed by atoms with E-state index in [1.165, 1.54) is 4.90 Å². The van der Waals surface area contributed by atoms with E-state index in [-0.39, 0.29) is 12.0 Å². The van der Waals surface area contributed by atoms with Crippen molar-refractivity contribution in [3.8, 4) is 0 Å². The fraction of sp³-hybridized carbons (Fsp3) is 0.818. The standard InChI is InChI=1S/C11H22N2O2/c1-5-12(4)8-11(2,3)9-13(10-15)6-7-14/h7,10H,5-6,8-9H2,1-4H3. The molecule has 0 N–H and O–H groups in total. The number of aldehydes is 1. The summed E-state index contributed by atoms with van der Waals surface area (Å²) in [6.07, 6.45) is 1.50. The first-order valence-corrected chi connectivity index (χ1v) is 5.26. The molecule has 15 heavy (non-hydrogen) atoms. The minimum absolute atomic E-state index is 0.00861. The molecule has 0 atom stereocenters. The van der Waals surface area contributed by atoms with Gasteiger partial charge in [0.05, 0.1) is 6.54 Å². The molecule has 0 bridgehead atoms. The second-order valence-corrected chi connectivity index (χ2v) is 4.70. The zero-order valence-corrected chi connectivity index (χ0v) is 10.2. The predicted octanol–water partition coefficient (Wildman–Crippen LogP) is 0.622. The third-order valence-corrected chi connectivity index (χ3v) is 2.33. The van der Waals surface area contributed by atoms with Crippen molar-refractivity contribution in [1.82, 2.24) is 9.80 Å². The van der Waals surface area contributed by atoms with Crippen LogP contribution in [0.5, 0.6) is 0 Å². The van der Waals surface area contributed by atoms with Crippen molar-refractivity contribution >= 4 is 12.7 Å². The Kier molecular flexibility index (Phi) is 6.17. The molecule has 0 fully saturated rings. The van der Waals surface area contributed by atoms with E-state index >= 15 is 0 Å². The van der Waals surface area contributed by atoms with Gasteiger partial charge in [-0.1, -0.05) is 20.8 Å². The summed E-state index contributed by atoms with van der Waals surface area (Å²) >= 11 is 0. The molecule has 88 valence electrons. The topological polar surface area (TPSA) is 40.6 Å². The monoisotopic (exact) mass is 214 g/mol. The highest BCUT2D eigenvalue weighted by molar-refractivity contribution is 5.59. The Morgan fingerprint density at radius 3 is 2.20 bits per heavy atom. The summed E-state index contributed by atoms with van der Waals surface area (Å²) in [6, 6.07) is 0. The average molecular weight is 214 g/mol. The first-order chi connectivity index (χ1) is 6.95. The molecule has 0 aliphatic rings. The summed E-state index contributed by atoms with van der Waals surface area (Å²) in [5, 5.41) is 0. The summed E-state index contributed by atoms with van der Waals surface area (Å²) in [5.41, 5.74) is 0.00861. The van der Waals surface area contributed by atoms with Crippen molar-refractivity contribution in [2.75, 3.05) is 33.2 Å². The van der Waals surface area contributed by atoms with E-state index in [0.717, 1.165) is 25.8 Å². The molecule has 4 heteroatoms. The molecule has 0 rings (SSSR count). The van der Waals surface area contributed by atoms with Crippen LogP contribution in [0.1, 0.15) is 20.8 Å². The third-order valence-electron chi connectivity index (χ3n) is 2.33. The van der Waals surface area contributed by atoms with Crippen LogP contribution in [0.4, 0.5) is 0 Å². The fourth-order valence-electron chi connectivity index (χ4n) is 1.68. The number of nitrogens with zero attached hydrogens (tertiary/aromatic N) is 2. The molecular formula is C11H22N2O2. The van der Waals surface area contributed by atoms with E-state index in [0.29, 0.717) is 6.54 Å². The normalized spacial score (nSPS) is 11.5. The maximum Gasteiger partial charge on any atom is 0.210 e. The smallest absolute Gasteiger partial charge is 0.210 e. The zero-order valence-electron chi connectivity index (χ0n) is 10.2. The van der Waals surface area contributed by atoms with Gasteiger partial charge in [-0.25, -0.2) is 0 Å². The van der Waals surface area contributed by atoms with Gasteiger partial charge in [-0.15, -0.1) is 0 Å². The summed E-state index contributed by atoms with van der Waals surface area (Å²) in [7, 11) is 2.05. The van der Waals surface area contributed by atoms with Gasteiger partial charge >= 0.3 is 0 Å². The Labute approximate surface area is 92.2 Å². The number of carbonyl (C=O) groups is 2. The highest BCUT2D eigenvalue weighted by atomic mass is 16.1. The van der Waals surface area contributed by atoms with Crippen LogP contribution < -0.4 is 0 Å². The first-order valence-electron chi connectivity index (χ1n) is 5.26. The molecule has 0 aromatic heterocycles. The predicted molar refractivity (Wildman–Crippen MR) is 60.7 cm³/mol. The SMILES string of the molecule is CCN(C)CC(C)(C)CN(C=O)CC=O. The van der Waals surface area contributed by atoms with Crippen LogP contribution in [-0.2, 0) is 9.59 Å². The van der Waals surface area contributed by atoms with Crippen LogP contribution >= 0.6 is 0 Å². The molecule has 4 nitrogen and oxygen atoms in total. The van der Waals surface area contributed by atoms with Crippen LogP contribution in [0.3, 0.4) is 0 Å². The number of hydrogen-bond donors (Lipinski definition) is 0. The van der Waals surface area contributed by atoms with Crippen molar-refractivity contribution in [2.24, 2.45) is 5.41 Å². The lowest BCUT2D eigenvalue weighted by molar-refractivity contribution is -0.123. The van der Waals surface area contributed by atoms with E-state index in [2.05, 4.69) is 25.7 Å². The molecule has 0 aromatic rings. The fourth-order valence-corrected chi connectivity index (χ4v) is 1.68.